The van der Waals surface area contributed by atoms with Crippen molar-refractivity contribution in [3.63, 3.8) is 0 Å². The normalized spacial score (nSPS) is 22.9. The number of ketones is 1. The van der Waals surface area contributed by atoms with E-state index in [0.717, 1.165) is 38.5 Å². The molecule has 1 aliphatic rings. The van der Waals surface area contributed by atoms with E-state index in [0.29, 0.717) is 13.2 Å². The Morgan fingerprint density at radius 1 is 0.840 bits per heavy atom. The Morgan fingerprint density at radius 2 is 1.48 bits per heavy atom. The van der Waals surface area contributed by atoms with Gasteiger partial charge in [0.05, 0.1) is 12.2 Å². The van der Waals surface area contributed by atoms with E-state index in [1.54, 1.807) is 6.07 Å². The molecule has 5 heteroatoms. The van der Waals surface area contributed by atoms with Crippen LogP contribution in [-0.4, -0.2) is 30.6 Å². The smallest absolute Gasteiger partial charge is 0.374 e. The summed E-state index contributed by atoms with van der Waals surface area (Å²) in [4.78, 5) is 24.7. The first-order valence-corrected chi connectivity index (χ1v) is 9.17. The summed E-state index contributed by atoms with van der Waals surface area (Å²) in [5.74, 6) is -0.292. The van der Waals surface area contributed by atoms with Gasteiger partial charge in [-0.15, -0.1) is 0 Å². The van der Waals surface area contributed by atoms with Gasteiger partial charge in [0.2, 0.25) is 11.5 Å². The fourth-order valence-corrected chi connectivity index (χ4v) is 3.00. The van der Waals surface area contributed by atoms with E-state index in [2.05, 4.69) is 13.8 Å². The van der Waals surface area contributed by atoms with Crippen LogP contribution in [0.2, 0.25) is 0 Å². The number of Topliss-reactive ketones (excluding diaryl/α,β-unsaturated/α-hetero) is 1. The molecule has 0 unspecified atom stereocenters. The highest BCUT2D eigenvalue weighted by Crippen LogP contribution is 2.30. The monoisotopic (exact) mass is 350 g/mol. The fourth-order valence-electron chi connectivity index (χ4n) is 3.00. The molecule has 1 aromatic rings. The highest BCUT2D eigenvalue weighted by atomic mass is 16.5. The van der Waals surface area contributed by atoms with Crippen molar-refractivity contribution in [2.45, 2.75) is 71.8 Å². The van der Waals surface area contributed by atoms with Gasteiger partial charge in [0.15, 0.2) is 5.76 Å². The van der Waals surface area contributed by atoms with Gasteiger partial charge in [0.1, 0.15) is 0 Å². The van der Waals surface area contributed by atoms with Gasteiger partial charge in [-0.3, -0.25) is 4.79 Å². The average molecular weight is 350 g/mol. The largest absolute Gasteiger partial charge is 0.460 e. The van der Waals surface area contributed by atoms with Crippen molar-refractivity contribution in [1.82, 2.24) is 0 Å². The lowest BCUT2D eigenvalue weighted by atomic mass is 9.81. The molecule has 0 saturated heterocycles. The number of hydrogen-bond donors (Lipinski definition) is 0. The number of ether oxygens (including phenoxy) is 2. The molecule has 2 heterocycles. The maximum absolute atomic E-state index is 12.7. The van der Waals surface area contributed by atoms with E-state index < -0.39 is 11.4 Å². The van der Waals surface area contributed by atoms with Gasteiger partial charge in [0.25, 0.3) is 0 Å². The summed E-state index contributed by atoms with van der Waals surface area (Å²) in [6.07, 6.45) is 5.25. The van der Waals surface area contributed by atoms with E-state index >= 15 is 0 Å². The van der Waals surface area contributed by atoms with Crippen LogP contribution in [0.1, 0.15) is 87.3 Å². The quantitative estimate of drug-likeness (QED) is 0.629. The van der Waals surface area contributed by atoms with Crippen molar-refractivity contribution < 1.29 is 23.5 Å². The maximum atomic E-state index is 12.7. The first-order valence-electron chi connectivity index (χ1n) is 9.17. The summed E-state index contributed by atoms with van der Waals surface area (Å²) >= 11 is 0. The van der Waals surface area contributed by atoms with Gasteiger partial charge in [-0.25, -0.2) is 4.79 Å². The molecule has 0 aromatic carbocycles. The van der Waals surface area contributed by atoms with E-state index in [-0.39, 0.29) is 22.9 Å². The first kappa shape index (κ1) is 19.7. The van der Waals surface area contributed by atoms with Gasteiger partial charge >= 0.3 is 5.97 Å². The Labute approximate surface area is 150 Å². The Bertz CT molecular complexity index is 597. The first-order chi connectivity index (χ1) is 11.7. The molecule has 0 spiro atoms. The number of cyclic esters (lactones) is 1. The highest BCUT2D eigenvalue weighted by molar-refractivity contribution is 5.98. The molecule has 25 heavy (non-hydrogen) atoms. The number of rotatable bonds is 0. The molecule has 140 valence electrons. The standard InChI is InChI=1S/C20H30O5/c1-19(2)11-5-6-12-20(3,4)24-14-8-7-13-23-18(22)16-10-9-15(25-16)17(19)21/h9-10H,5-8,11-14H2,1-4H3. The van der Waals surface area contributed by atoms with Crippen LogP contribution in [-0.2, 0) is 9.47 Å². The maximum Gasteiger partial charge on any atom is 0.374 e. The van der Waals surface area contributed by atoms with Gasteiger partial charge in [-0.05, 0) is 51.7 Å². The van der Waals surface area contributed by atoms with Crippen molar-refractivity contribution in [2.24, 2.45) is 5.41 Å². The van der Waals surface area contributed by atoms with Crippen LogP contribution in [0.5, 0.6) is 0 Å². The molecule has 0 aliphatic carbocycles. The zero-order chi connectivity index (χ0) is 18.5. The number of carbonyl (C=O) groups excluding carboxylic acids is 2. The van der Waals surface area contributed by atoms with Crippen molar-refractivity contribution >= 4 is 11.8 Å². The Balaban J connectivity index is 2.11. The number of hydrogen-bond acceptors (Lipinski definition) is 5. The summed E-state index contributed by atoms with van der Waals surface area (Å²) in [6.45, 7) is 9.01. The van der Waals surface area contributed by atoms with Crippen molar-refractivity contribution in [1.29, 1.82) is 0 Å². The molecule has 5 nitrogen and oxygen atoms in total. The second-order valence-electron chi connectivity index (χ2n) is 8.04. The third-order valence-corrected chi connectivity index (χ3v) is 4.74. The zero-order valence-electron chi connectivity index (χ0n) is 15.9. The van der Waals surface area contributed by atoms with E-state index in [4.69, 9.17) is 13.9 Å². The molecular formula is C20H30O5. The van der Waals surface area contributed by atoms with E-state index in [1.807, 2.05) is 13.8 Å². The Kier molecular flexibility index (Phi) is 6.44. The van der Waals surface area contributed by atoms with Gasteiger partial charge in [0, 0.05) is 12.0 Å². The molecule has 1 aliphatic heterocycles. The van der Waals surface area contributed by atoms with E-state index in [1.165, 1.54) is 6.07 Å². The van der Waals surface area contributed by atoms with Crippen LogP contribution in [0.25, 0.3) is 0 Å². The van der Waals surface area contributed by atoms with Crippen LogP contribution in [0.3, 0.4) is 0 Å². The minimum Gasteiger partial charge on any atom is -0.460 e. The van der Waals surface area contributed by atoms with Gasteiger partial charge in [-0.1, -0.05) is 26.7 Å². The van der Waals surface area contributed by atoms with Crippen molar-refractivity contribution in [2.75, 3.05) is 13.2 Å². The molecule has 0 N–H and O–H groups in total. The summed E-state index contributed by atoms with van der Waals surface area (Å²) in [7, 11) is 0. The molecule has 0 fully saturated rings. The summed E-state index contributed by atoms with van der Waals surface area (Å²) in [5, 5.41) is 0. The highest BCUT2D eigenvalue weighted by Gasteiger charge is 2.31. The number of esters is 1. The van der Waals surface area contributed by atoms with Crippen LogP contribution in [0.15, 0.2) is 16.5 Å². The lowest BCUT2D eigenvalue weighted by Gasteiger charge is -2.27. The predicted molar refractivity (Wildman–Crippen MR) is 94.8 cm³/mol. The minimum absolute atomic E-state index is 0.0774. The topological polar surface area (TPSA) is 65.7 Å². The molecule has 2 bridgehead atoms. The van der Waals surface area contributed by atoms with Crippen molar-refractivity contribution in [3.05, 3.63) is 23.7 Å². The molecular weight excluding hydrogens is 320 g/mol. The predicted octanol–water partition coefficient (Wildman–Crippen LogP) is 4.79. The molecule has 1 aromatic heterocycles. The van der Waals surface area contributed by atoms with Gasteiger partial charge < -0.3 is 13.9 Å². The number of fused-ring (bicyclic) bond motifs is 2. The Morgan fingerprint density at radius 3 is 2.24 bits per heavy atom. The van der Waals surface area contributed by atoms with Crippen LogP contribution in [0.4, 0.5) is 0 Å². The lowest BCUT2D eigenvalue weighted by molar-refractivity contribution is -0.0283. The second-order valence-corrected chi connectivity index (χ2v) is 8.04. The zero-order valence-corrected chi connectivity index (χ0v) is 15.9. The third kappa shape index (κ3) is 5.70. The number of carbonyl (C=O) groups is 2. The molecule has 2 rings (SSSR count). The molecule has 0 atom stereocenters. The lowest BCUT2D eigenvalue weighted by Crippen LogP contribution is -2.26. The minimum atomic E-state index is -0.530. The van der Waals surface area contributed by atoms with Crippen LogP contribution < -0.4 is 0 Å². The fraction of sp³-hybridized carbons (Fsp3) is 0.700. The summed E-state index contributed by atoms with van der Waals surface area (Å²) in [6, 6.07) is 3.08. The van der Waals surface area contributed by atoms with Crippen LogP contribution in [0, 0.1) is 5.41 Å². The van der Waals surface area contributed by atoms with E-state index in [9.17, 15) is 9.59 Å². The van der Waals surface area contributed by atoms with Crippen LogP contribution >= 0.6 is 0 Å². The molecule has 0 saturated carbocycles. The SMILES string of the molecule is CC1(C)CCCCC(C)(C)C(=O)c2ccc(o2)C(=O)OCCCCO1. The van der Waals surface area contributed by atoms with Gasteiger partial charge in [-0.2, -0.15) is 0 Å². The molecule has 0 radical (unpaired) electrons. The number of furan rings is 1. The summed E-state index contributed by atoms with van der Waals surface area (Å²) < 4.78 is 16.6. The third-order valence-electron chi connectivity index (χ3n) is 4.74. The summed E-state index contributed by atoms with van der Waals surface area (Å²) in [5.41, 5.74) is -0.702. The Hall–Kier alpha value is -1.62. The second kappa shape index (κ2) is 8.17. The average Bonchev–Trinajstić information content (AvgIpc) is 3.03. The molecule has 0 amide bonds. The van der Waals surface area contributed by atoms with Crippen molar-refractivity contribution in [3.8, 4) is 0 Å².